The van der Waals surface area contributed by atoms with E-state index in [9.17, 15) is 19.7 Å². The number of carbonyl (C=O) groups excluding carboxylic acids is 2. The van der Waals surface area contributed by atoms with Crippen molar-refractivity contribution in [1.29, 1.82) is 0 Å². The maximum Gasteiger partial charge on any atom is 0.270 e. The maximum atomic E-state index is 11.9. The Hall–Kier alpha value is -3.53. The van der Waals surface area contributed by atoms with Crippen molar-refractivity contribution >= 4 is 34.8 Å². The van der Waals surface area contributed by atoms with Crippen molar-refractivity contribution in [3.05, 3.63) is 75.8 Å². The number of nitro benzene ring substituents is 1. The molecule has 0 aliphatic heterocycles. The monoisotopic (exact) mass is 387 g/mol. The number of nitrogens with zero attached hydrogens (tertiary/aromatic N) is 1. The van der Waals surface area contributed by atoms with E-state index in [1.807, 2.05) is 30.3 Å². The van der Waals surface area contributed by atoms with Crippen LogP contribution in [0.25, 0.3) is 0 Å². The lowest BCUT2D eigenvalue weighted by Gasteiger charge is -2.12. The van der Waals surface area contributed by atoms with Crippen LogP contribution in [0.4, 0.5) is 5.69 Å². The minimum absolute atomic E-state index is 0.0880. The predicted molar refractivity (Wildman–Crippen MR) is 103 cm³/mol. The van der Waals surface area contributed by atoms with Crippen LogP contribution < -0.4 is 21.5 Å². The highest BCUT2D eigenvalue weighted by Crippen LogP contribution is 2.12. The minimum Gasteiger partial charge on any atom is -0.357 e. The highest BCUT2D eigenvalue weighted by Gasteiger charge is 2.12. The summed E-state index contributed by atoms with van der Waals surface area (Å²) in [5.41, 5.74) is 5.77. The average molecular weight is 387 g/mol. The Morgan fingerprint density at radius 1 is 1.00 bits per heavy atom. The zero-order valence-corrected chi connectivity index (χ0v) is 14.9. The molecule has 0 bridgehead atoms. The average Bonchev–Trinajstić information content (AvgIpc) is 2.69. The van der Waals surface area contributed by atoms with Crippen LogP contribution in [0.3, 0.4) is 0 Å². The molecule has 0 atom stereocenters. The van der Waals surface area contributed by atoms with Gasteiger partial charge in [-0.2, -0.15) is 0 Å². The van der Waals surface area contributed by atoms with Gasteiger partial charge >= 0.3 is 0 Å². The van der Waals surface area contributed by atoms with E-state index in [1.165, 1.54) is 18.2 Å². The van der Waals surface area contributed by atoms with Crippen LogP contribution in [0.5, 0.6) is 0 Å². The number of nitro groups is 1. The van der Waals surface area contributed by atoms with Gasteiger partial charge < -0.3 is 10.6 Å². The van der Waals surface area contributed by atoms with Crippen molar-refractivity contribution in [3.63, 3.8) is 0 Å². The van der Waals surface area contributed by atoms with Gasteiger partial charge in [0.25, 0.3) is 17.5 Å². The first-order valence-corrected chi connectivity index (χ1v) is 8.26. The van der Waals surface area contributed by atoms with Crippen LogP contribution in [-0.2, 0) is 11.3 Å². The van der Waals surface area contributed by atoms with Crippen LogP contribution in [-0.4, -0.2) is 28.4 Å². The van der Waals surface area contributed by atoms with E-state index >= 15 is 0 Å². The molecule has 2 aromatic carbocycles. The van der Waals surface area contributed by atoms with Crippen LogP contribution in [0.1, 0.15) is 15.9 Å². The predicted octanol–water partition coefficient (Wildman–Crippen LogP) is 1.02. The highest BCUT2D eigenvalue weighted by molar-refractivity contribution is 7.80. The van der Waals surface area contributed by atoms with Gasteiger partial charge in [0.2, 0.25) is 0 Å². The first-order chi connectivity index (χ1) is 13.0. The maximum absolute atomic E-state index is 11.9. The van der Waals surface area contributed by atoms with E-state index in [0.717, 1.165) is 11.6 Å². The lowest BCUT2D eigenvalue weighted by Crippen LogP contribution is -2.49. The normalized spacial score (nSPS) is 9.78. The van der Waals surface area contributed by atoms with Gasteiger partial charge in [-0.25, -0.2) is 0 Å². The number of rotatable bonds is 6. The summed E-state index contributed by atoms with van der Waals surface area (Å²) in [7, 11) is 0. The van der Waals surface area contributed by atoms with Crippen molar-refractivity contribution in [2.24, 2.45) is 0 Å². The van der Waals surface area contributed by atoms with Crippen molar-refractivity contribution in [1.82, 2.24) is 21.5 Å². The molecule has 0 spiro atoms. The first-order valence-electron chi connectivity index (χ1n) is 7.85. The third kappa shape index (κ3) is 6.71. The molecule has 0 aliphatic carbocycles. The molecule has 9 nitrogen and oxygen atoms in total. The number of carbonyl (C=O) groups is 2. The number of benzene rings is 2. The number of hydrazine groups is 1. The van der Waals surface area contributed by atoms with E-state index in [2.05, 4.69) is 21.5 Å². The lowest BCUT2D eigenvalue weighted by atomic mass is 10.2. The fourth-order valence-electron chi connectivity index (χ4n) is 2.02. The molecule has 2 rings (SSSR count). The molecular formula is C17H17N5O4S. The van der Waals surface area contributed by atoms with Crippen molar-refractivity contribution in [2.75, 3.05) is 6.54 Å². The zero-order valence-electron chi connectivity index (χ0n) is 14.1. The summed E-state index contributed by atoms with van der Waals surface area (Å²) in [4.78, 5) is 33.8. The van der Waals surface area contributed by atoms with Gasteiger partial charge in [-0.3, -0.25) is 30.6 Å². The molecule has 0 heterocycles. The number of amides is 2. The van der Waals surface area contributed by atoms with Crippen LogP contribution in [0.15, 0.2) is 54.6 Å². The standard InChI is InChI=1S/C17H17N5O4S/c23-15(20-21-17(27)19-10-12-5-2-1-3-6-12)11-18-16(24)13-7-4-8-14(9-13)22(25)26/h1-9H,10-11H2,(H,18,24)(H,20,23)(H2,19,21,27). The van der Waals surface area contributed by atoms with E-state index in [-0.39, 0.29) is 22.9 Å². The minimum atomic E-state index is -0.600. The van der Waals surface area contributed by atoms with E-state index in [1.54, 1.807) is 0 Å². The molecule has 0 fully saturated rings. The molecule has 2 amide bonds. The number of thiocarbonyl (C=S) groups is 1. The number of hydrogen-bond acceptors (Lipinski definition) is 5. The van der Waals surface area contributed by atoms with Crippen LogP contribution in [0.2, 0.25) is 0 Å². The van der Waals surface area contributed by atoms with Gasteiger partial charge in [0.1, 0.15) is 0 Å². The molecule has 10 heteroatoms. The van der Waals surface area contributed by atoms with Gasteiger partial charge in [-0.05, 0) is 23.8 Å². The third-order valence-corrected chi connectivity index (χ3v) is 3.59. The van der Waals surface area contributed by atoms with Crippen molar-refractivity contribution in [3.8, 4) is 0 Å². The molecule has 0 saturated heterocycles. The topological polar surface area (TPSA) is 125 Å². The summed E-state index contributed by atoms with van der Waals surface area (Å²) in [6.45, 7) is 0.169. The molecule has 0 aromatic heterocycles. The fraction of sp³-hybridized carbons (Fsp3) is 0.118. The van der Waals surface area contributed by atoms with Gasteiger partial charge in [0.15, 0.2) is 5.11 Å². The second kappa shape index (κ2) is 9.82. The van der Waals surface area contributed by atoms with E-state index in [4.69, 9.17) is 12.2 Å². The lowest BCUT2D eigenvalue weighted by molar-refractivity contribution is -0.384. The highest BCUT2D eigenvalue weighted by atomic mass is 32.1. The Bertz CT molecular complexity index is 844. The van der Waals surface area contributed by atoms with Gasteiger partial charge in [-0.15, -0.1) is 0 Å². The van der Waals surface area contributed by atoms with Gasteiger partial charge in [-0.1, -0.05) is 36.4 Å². The summed E-state index contributed by atoms with van der Waals surface area (Å²) >= 11 is 5.03. The van der Waals surface area contributed by atoms with Crippen molar-refractivity contribution in [2.45, 2.75) is 6.54 Å². The quantitative estimate of drug-likeness (QED) is 0.331. The number of hydrogen-bond donors (Lipinski definition) is 4. The second-order valence-corrected chi connectivity index (χ2v) is 5.74. The smallest absolute Gasteiger partial charge is 0.270 e. The molecule has 27 heavy (non-hydrogen) atoms. The summed E-state index contributed by atoms with van der Waals surface area (Å²) < 4.78 is 0. The van der Waals surface area contributed by atoms with Gasteiger partial charge in [0.05, 0.1) is 11.5 Å². The zero-order chi connectivity index (χ0) is 19.6. The SMILES string of the molecule is O=C(CNC(=O)c1cccc([N+](=O)[O-])c1)NNC(=S)NCc1ccccc1. The molecule has 4 N–H and O–H groups in total. The molecule has 0 unspecified atom stereocenters. The fourth-order valence-corrected chi connectivity index (χ4v) is 2.14. The van der Waals surface area contributed by atoms with Gasteiger partial charge in [0, 0.05) is 24.2 Å². The number of nitrogens with one attached hydrogen (secondary N) is 4. The summed E-state index contributed by atoms with van der Waals surface area (Å²) in [6, 6.07) is 14.8. The Kier molecular flexibility index (Phi) is 7.20. The Labute approximate surface area is 160 Å². The third-order valence-electron chi connectivity index (χ3n) is 3.34. The van der Waals surface area contributed by atoms with Crippen LogP contribution in [0, 0.1) is 10.1 Å². The summed E-state index contributed by atoms with van der Waals surface area (Å²) in [5.74, 6) is -1.13. The van der Waals surface area contributed by atoms with Crippen molar-refractivity contribution < 1.29 is 14.5 Å². The number of non-ortho nitro benzene ring substituents is 1. The Balaban J connectivity index is 1.71. The van der Waals surface area contributed by atoms with E-state index in [0.29, 0.717) is 6.54 Å². The molecule has 0 saturated carbocycles. The molecular weight excluding hydrogens is 370 g/mol. The molecule has 2 aromatic rings. The van der Waals surface area contributed by atoms with Crippen LogP contribution >= 0.6 is 12.2 Å². The summed E-state index contributed by atoms with van der Waals surface area (Å²) in [6.07, 6.45) is 0. The molecule has 0 aliphatic rings. The first kappa shape index (κ1) is 19.8. The molecule has 140 valence electrons. The second-order valence-electron chi connectivity index (χ2n) is 5.33. The summed E-state index contributed by atoms with van der Waals surface area (Å²) in [5, 5.41) is 16.2. The largest absolute Gasteiger partial charge is 0.357 e. The Morgan fingerprint density at radius 2 is 1.74 bits per heavy atom. The van der Waals surface area contributed by atoms with E-state index < -0.39 is 16.7 Å². The Morgan fingerprint density at radius 3 is 2.44 bits per heavy atom. The molecule has 0 radical (unpaired) electrons.